The Balaban J connectivity index is 2.72. The van der Waals surface area contributed by atoms with E-state index in [1.807, 2.05) is 5.38 Å². The summed E-state index contributed by atoms with van der Waals surface area (Å²) >= 11 is 1.53. The quantitative estimate of drug-likeness (QED) is 0.917. The second-order valence-corrected chi connectivity index (χ2v) is 6.45. The first kappa shape index (κ1) is 15.6. The number of thiazole rings is 1. The van der Waals surface area contributed by atoms with E-state index in [1.54, 1.807) is 0 Å². The van der Waals surface area contributed by atoms with Crippen LogP contribution in [-0.4, -0.2) is 40.0 Å². The molecule has 6 heteroatoms. The number of aromatic nitrogens is 1. The average molecular weight is 284 g/mol. The number of carboxylic acid groups (broad SMARTS) is 1. The van der Waals surface area contributed by atoms with Crippen molar-refractivity contribution in [3.05, 3.63) is 16.1 Å². The Labute approximate surface area is 117 Å². The summed E-state index contributed by atoms with van der Waals surface area (Å²) in [5, 5.41) is 11.7. The van der Waals surface area contributed by atoms with Gasteiger partial charge in [-0.15, -0.1) is 11.3 Å². The Bertz CT molecular complexity index is 476. The summed E-state index contributed by atoms with van der Waals surface area (Å²) < 4.78 is 0. The van der Waals surface area contributed by atoms with Gasteiger partial charge in [-0.05, 0) is 6.92 Å². The number of rotatable bonds is 4. The van der Waals surface area contributed by atoms with Gasteiger partial charge in [-0.1, -0.05) is 20.8 Å². The van der Waals surface area contributed by atoms with Crippen LogP contribution in [0.5, 0.6) is 0 Å². The average Bonchev–Trinajstić information content (AvgIpc) is 2.74. The summed E-state index contributed by atoms with van der Waals surface area (Å²) in [7, 11) is 1.50. The summed E-state index contributed by atoms with van der Waals surface area (Å²) in [6.07, 6.45) is 0.140. The molecule has 1 aromatic heterocycles. The molecule has 0 aliphatic rings. The number of hydrogen-bond acceptors (Lipinski definition) is 4. The number of aliphatic carboxylic acids is 1. The minimum Gasteiger partial charge on any atom is -0.480 e. The second kappa shape index (κ2) is 5.69. The van der Waals surface area contributed by atoms with E-state index in [4.69, 9.17) is 5.11 Å². The third-order valence-corrected chi connectivity index (χ3v) is 4.17. The smallest absolute Gasteiger partial charge is 0.326 e. The lowest BCUT2D eigenvalue weighted by Crippen LogP contribution is -2.41. The van der Waals surface area contributed by atoms with Crippen molar-refractivity contribution in [2.24, 2.45) is 0 Å². The highest BCUT2D eigenvalue weighted by atomic mass is 32.1. The molecule has 1 aromatic rings. The standard InChI is InChI=1S/C13H20N2O3S/c1-8(11(17)18)15(5)10(16)6-9-7-19-12(14-9)13(2,3)4/h7-8H,6H2,1-5H3,(H,17,18). The first-order valence-corrected chi connectivity index (χ1v) is 6.94. The lowest BCUT2D eigenvalue weighted by molar-refractivity contribution is -0.148. The Morgan fingerprint density at radius 3 is 2.47 bits per heavy atom. The lowest BCUT2D eigenvalue weighted by Gasteiger charge is -2.21. The van der Waals surface area contributed by atoms with Crippen molar-refractivity contribution in [2.45, 2.75) is 45.6 Å². The highest BCUT2D eigenvalue weighted by Crippen LogP contribution is 2.25. The topological polar surface area (TPSA) is 70.5 Å². The maximum Gasteiger partial charge on any atom is 0.326 e. The van der Waals surface area contributed by atoms with Gasteiger partial charge in [0.1, 0.15) is 6.04 Å². The molecule has 0 aliphatic heterocycles. The summed E-state index contributed by atoms with van der Waals surface area (Å²) in [6.45, 7) is 7.68. The first-order chi connectivity index (χ1) is 8.62. The van der Waals surface area contributed by atoms with Crippen LogP contribution in [0.15, 0.2) is 5.38 Å². The zero-order valence-corrected chi connectivity index (χ0v) is 12.7. The SMILES string of the molecule is CC(C(=O)O)N(C)C(=O)Cc1csc(C(C)(C)C)n1. The van der Waals surface area contributed by atoms with Gasteiger partial charge in [0.2, 0.25) is 5.91 Å². The van der Waals surface area contributed by atoms with Crippen LogP contribution >= 0.6 is 11.3 Å². The van der Waals surface area contributed by atoms with Gasteiger partial charge < -0.3 is 10.0 Å². The molecule has 1 amide bonds. The molecule has 0 aliphatic carbocycles. The predicted molar refractivity (Wildman–Crippen MR) is 74.4 cm³/mol. The zero-order valence-electron chi connectivity index (χ0n) is 11.9. The Morgan fingerprint density at radius 2 is 2.05 bits per heavy atom. The molecule has 0 aromatic carbocycles. The Kier molecular flexibility index (Phi) is 4.68. The van der Waals surface area contributed by atoms with Crippen molar-refractivity contribution >= 4 is 23.2 Å². The van der Waals surface area contributed by atoms with Crippen LogP contribution < -0.4 is 0 Å². The van der Waals surface area contributed by atoms with Gasteiger partial charge in [-0.2, -0.15) is 0 Å². The van der Waals surface area contributed by atoms with Crippen LogP contribution in [0.2, 0.25) is 0 Å². The molecule has 0 saturated heterocycles. The van der Waals surface area contributed by atoms with Gasteiger partial charge in [0.25, 0.3) is 0 Å². The molecule has 0 saturated carbocycles. The minimum absolute atomic E-state index is 0.0355. The molecule has 1 unspecified atom stereocenters. The van der Waals surface area contributed by atoms with Crippen LogP contribution in [0.3, 0.4) is 0 Å². The normalized spacial score (nSPS) is 13.1. The van der Waals surface area contributed by atoms with E-state index in [0.717, 1.165) is 5.01 Å². The molecule has 1 rings (SSSR count). The minimum atomic E-state index is -1.01. The van der Waals surface area contributed by atoms with E-state index in [2.05, 4.69) is 25.8 Å². The van der Waals surface area contributed by atoms with Crippen molar-refractivity contribution in [3.8, 4) is 0 Å². The molecule has 0 fully saturated rings. The van der Waals surface area contributed by atoms with E-state index in [0.29, 0.717) is 5.69 Å². The van der Waals surface area contributed by atoms with Crippen molar-refractivity contribution < 1.29 is 14.7 Å². The van der Waals surface area contributed by atoms with Gasteiger partial charge in [-0.3, -0.25) is 4.79 Å². The van der Waals surface area contributed by atoms with Crippen molar-refractivity contribution in [1.82, 2.24) is 9.88 Å². The van der Waals surface area contributed by atoms with Gasteiger partial charge >= 0.3 is 5.97 Å². The van der Waals surface area contributed by atoms with E-state index in [1.165, 1.54) is 30.2 Å². The zero-order chi connectivity index (χ0) is 14.8. The first-order valence-electron chi connectivity index (χ1n) is 6.06. The summed E-state index contributed by atoms with van der Waals surface area (Å²) in [4.78, 5) is 28.4. The summed E-state index contributed by atoms with van der Waals surface area (Å²) in [5.41, 5.74) is 0.663. The Morgan fingerprint density at radius 1 is 1.47 bits per heavy atom. The molecular formula is C13H20N2O3S. The monoisotopic (exact) mass is 284 g/mol. The number of carbonyl (C=O) groups excluding carboxylic acids is 1. The number of hydrogen-bond donors (Lipinski definition) is 1. The summed E-state index contributed by atoms with van der Waals surface area (Å²) in [5.74, 6) is -1.25. The van der Waals surface area contributed by atoms with E-state index >= 15 is 0 Å². The fourth-order valence-electron chi connectivity index (χ4n) is 1.39. The maximum atomic E-state index is 11.9. The highest BCUT2D eigenvalue weighted by Gasteiger charge is 2.23. The third-order valence-electron chi connectivity index (χ3n) is 2.86. The van der Waals surface area contributed by atoms with Gasteiger partial charge in [0, 0.05) is 17.8 Å². The molecule has 19 heavy (non-hydrogen) atoms. The number of likely N-dealkylation sites (N-methyl/N-ethyl adjacent to an activating group) is 1. The number of carbonyl (C=O) groups is 2. The fourth-order valence-corrected chi connectivity index (χ4v) is 2.30. The molecule has 1 atom stereocenters. The van der Waals surface area contributed by atoms with Crippen LogP contribution in [-0.2, 0) is 21.4 Å². The number of amides is 1. The second-order valence-electron chi connectivity index (χ2n) is 5.59. The Hall–Kier alpha value is -1.43. The molecule has 5 nitrogen and oxygen atoms in total. The number of carboxylic acids is 1. The van der Waals surface area contributed by atoms with Crippen LogP contribution in [0, 0.1) is 0 Å². The van der Waals surface area contributed by atoms with E-state index in [-0.39, 0.29) is 17.7 Å². The van der Waals surface area contributed by atoms with Crippen molar-refractivity contribution in [1.29, 1.82) is 0 Å². The molecule has 106 valence electrons. The van der Waals surface area contributed by atoms with Gasteiger partial charge in [0.05, 0.1) is 17.1 Å². The molecule has 1 N–H and O–H groups in total. The largest absolute Gasteiger partial charge is 0.480 e. The third kappa shape index (κ3) is 4.02. The van der Waals surface area contributed by atoms with Crippen LogP contribution in [0.25, 0.3) is 0 Å². The van der Waals surface area contributed by atoms with Crippen LogP contribution in [0.1, 0.15) is 38.4 Å². The molecule has 0 radical (unpaired) electrons. The van der Waals surface area contributed by atoms with Gasteiger partial charge in [-0.25, -0.2) is 9.78 Å². The molecular weight excluding hydrogens is 264 g/mol. The predicted octanol–water partition coefficient (Wildman–Crippen LogP) is 1.91. The van der Waals surface area contributed by atoms with Crippen molar-refractivity contribution in [3.63, 3.8) is 0 Å². The lowest BCUT2D eigenvalue weighted by atomic mass is 9.98. The van der Waals surface area contributed by atoms with Crippen LogP contribution in [0.4, 0.5) is 0 Å². The fraction of sp³-hybridized carbons (Fsp3) is 0.615. The molecule has 1 heterocycles. The van der Waals surface area contributed by atoms with E-state index in [9.17, 15) is 9.59 Å². The molecule has 0 bridgehead atoms. The van der Waals surface area contributed by atoms with Gasteiger partial charge in [0.15, 0.2) is 0 Å². The number of nitrogens with zero attached hydrogens (tertiary/aromatic N) is 2. The van der Waals surface area contributed by atoms with Crippen molar-refractivity contribution in [2.75, 3.05) is 7.05 Å². The molecule has 0 spiro atoms. The summed E-state index contributed by atoms with van der Waals surface area (Å²) in [6, 6.07) is -0.826. The highest BCUT2D eigenvalue weighted by molar-refractivity contribution is 7.09. The van der Waals surface area contributed by atoms with E-state index < -0.39 is 12.0 Å². The maximum absolute atomic E-state index is 11.9.